The minimum Gasteiger partial charge on any atom is -0.345 e. The average molecular weight is 482 g/mol. The molecule has 0 spiro atoms. The van der Waals surface area contributed by atoms with Gasteiger partial charge in [0.25, 0.3) is 0 Å². The zero-order valence-electron chi connectivity index (χ0n) is 16.9. The number of urea groups is 1. The summed E-state index contributed by atoms with van der Waals surface area (Å²) < 4.78 is 40.8. The Kier molecular flexibility index (Phi) is 7.53. The molecule has 168 valence electrons. The van der Waals surface area contributed by atoms with Crippen LogP contribution < -0.4 is 5.32 Å². The number of nitrogens with zero attached hydrogens (tertiary/aromatic N) is 2. The fourth-order valence-electron chi connectivity index (χ4n) is 3.14. The SMILES string of the molecule is C=CCN(Cc1cccn1Cc1cccc(C(F)(F)F)c1)C(=O)Nc1ccc(Cl)c(Cl)c1. The van der Waals surface area contributed by atoms with Crippen LogP contribution in [0.3, 0.4) is 0 Å². The zero-order chi connectivity index (χ0) is 23.3. The Hall–Kier alpha value is -2.90. The first-order valence-corrected chi connectivity index (χ1v) is 10.3. The lowest BCUT2D eigenvalue weighted by Crippen LogP contribution is -2.35. The molecule has 0 aliphatic carbocycles. The predicted molar refractivity (Wildman–Crippen MR) is 121 cm³/mol. The van der Waals surface area contributed by atoms with E-state index in [-0.39, 0.29) is 25.7 Å². The molecule has 1 aromatic heterocycles. The fraction of sp³-hybridized carbons (Fsp3) is 0.174. The molecular weight excluding hydrogens is 462 g/mol. The lowest BCUT2D eigenvalue weighted by Gasteiger charge is -2.23. The number of nitrogens with one attached hydrogen (secondary N) is 1. The van der Waals surface area contributed by atoms with Crippen molar-refractivity contribution < 1.29 is 18.0 Å². The van der Waals surface area contributed by atoms with Crippen molar-refractivity contribution in [3.05, 3.63) is 100 Å². The minimum absolute atomic E-state index is 0.227. The maximum atomic E-state index is 13.0. The van der Waals surface area contributed by atoms with Crippen LogP contribution in [0.1, 0.15) is 16.8 Å². The summed E-state index contributed by atoms with van der Waals surface area (Å²) in [7, 11) is 0. The van der Waals surface area contributed by atoms with E-state index >= 15 is 0 Å². The topological polar surface area (TPSA) is 37.3 Å². The van der Waals surface area contributed by atoms with Crippen LogP contribution in [-0.4, -0.2) is 22.0 Å². The number of amides is 2. The van der Waals surface area contributed by atoms with Crippen LogP contribution >= 0.6 is 23.2 Å². The summed E-state index contributed by atoms with van der Waals surface area (Å²) in [6.45, 7) is 4.43. The molecular formula is C23H20Cl2F3N3O. The maximum Gasteiger partial charge on any atom is 0.416 e. The molecule has 0 aliphatic heterocycles. The van der Waals surface area contributed by atoms with Crippen molar-refractivity contribution in [2.75, 3.05) is 11.9 Å². The summed E-state index contributed by atoms with van der Waals surface area (Å²) in [6, 6.07) is 13.2. The van der Waals surface area contributed by atoms with Crippen LogP contribution in [0.15, 0.2) is 73.4 Å². The predicted octanol–water partition coefficient (Wildman–Crippen LogP) is 7.08. The number of alkyl halides is 3. The van der Waals surface area contributed by atoms with Gasteiger partial charge in [0, 0.05) is 30.7 Å². The second kappa shape index (κ2) is 10.1. The molecule has 0 saturated heterocycles. The molecule has 3 rings (SSSR count). The van der Waals surface area contributed by atoms with Crippen LogP contribution in [0, 0.1) is 0 Å². The van der Waals surface area contributed by atoms with Crippen molar-refractivity contribution in [2.24, 2.45) is 0 Å². The number of carbonyl (C=O) groups is 1. The lowest BCUT2D eigenvalue weighted by atomic mass is 10.1. The molecule has 4 nitrogen and oxygen atoms in total. The van der Waals surface area contributed by atoms with E-state index in [1.165, 1.54) is 11.0 Å². The van der Waals surface area contributed by atoms with Crippen molar-refractivity contribution in [2.45, 2.75) is 19.3 Å². The van der Waals surface area contributed by atoms with Crippen LogP contribution in [0.5, 0.6) is 0 Å². The van der Waals surface area contributed by atoms with Gasteiger partial charge in [0.2, 0.25) is 0 Å². The number of anilines is 1. The van der Waals surface area contributed by atoms with Crippen molar-refractivity contribution in [1.82, 2.24) is 9.47 Å². The summed E-state index contributed by atoms with van der Waals surface area (Å²) in [5, 5.41) is 3.45. The third-order valence-electron chi connectivity index (χ3n) is 4.69. The average Bonchev–Trinajstić information content (AvgIpc) is 3.16. The van der Waals surface area contributed by atoms with Gasteiger partial charge in [0.15, 0.2) is 0 Å². The number of carbonyl (C=O) groups excluding carboxylic acids is 1. The molecule has 1 N–H and O–H groups in total. The third-order valence-corrected chi connectivity index (χ3v) is 5.43. The number of benzene rings is 2. The second-order valence-corrected chi connectivity index (χ2v) is 7.87. The van der Waals surface area contributed by atoms with Gasteiger partial charge in [-0.1, -0.05) is 41.4 Å². The van der Waals surface area contributed by atoms with Gasteiger partial charge in [-0.25, -0.2) is 4.79 Å². The highest BCUT2D eigenvalue weighted by molar-refractivity contribution is 6.42. The number of halogens is 5. The largest absolute Gasteiger partial charge is 0.416 e. The molecule has 2 aromatic carbocycles. The van der Waals surface area contributed by atoms with Gasteiger partial charge in [0.1, 0.15) is 0 Å². The minimum atomic E-state index is -4.40. The summed E-state index contributed by atoms with van der Waals surface area (Å²) >= 11 is 11.9. The number of hydrogen-bond acceptors (Lipinski definition) is 1. The van der Waals surface area contributed by atoms with Crippen molar-refractivity contribution in [1.29, 1.82) is 0 Å². The fourth-order valence-corrected chi connectivity index (χ4v) is 3.44. The molecule has 32 heavy (non-hydrogen) atoms. The van der Waals surface area contributed by atoms with Gasteiger partial charge in [-0.2, -0.15) is 13.2 Å². The molecule has 0 bridgehead atoms. The standard InChI is InChI=1S/C23H20Cl2F3N3O/c1-2-10-31(22(32)29-18-8-9-20(24)21(25)13-18)15-19-7-4-11-30(19)14-16-5-3-6-17(12-16)23(26,27)28/h2-9,11-13H,1,10,14-15H2,(H,29,32). The molecule has 0 atom stereocenters. The van der Waals surface area contributed by atoms with E-state index in [1.807, 2.05) is 6.07 Å². The van der Waals surface area contributed by atoms with Crippen molar-refractivity contribution in [3.63, 3.8) is 0 Å². The van der Waals surface area contributed by atoms with E-state index in [0.29, 0.717) is 21.3 Å². The van der Waals surface area contributed by atoms with Gasteiger partial charge in [0.05, 0.1) is 22.2 Å². The Morgan fingerprint density at radius 1 is 1.09 bits per heavy atom. The monoisotopic (exact) mass is 481 g/mol. The maximum absolute atomic E-state index is 13.0. The molecule has 0 radical (unpaired) electrons. The Bertz CT molecular complexity index is 1110. The number of rotatable bonds is 7. The molecule has 0 fully saturated rings. The van der Waals surface area contributed by atoms with Crippen LogP contribution in [0.4, 0.5) is 23.7 Å². The highest BCUT2D eigenvalue weighted by Crippen LogP contribution is 2.30. The van der Waals surface area contributed by atoms with Gasteiger partial charge < -0.3 is 14.8 Å². The van der Waals surface area contributed by atoms with E-state index in [4.69, 9.17) is 23.2 Å². The van der Waals surface area contributed by atoms with Gasteiger partial charge >= 0.3 is 12.2 Å². The third kappa shape index (κ3) is 6.08. The quantitative estimate of drug-likeness (QED) is 0.359. The second-order valence-electron chi connectivity index (χ2n) is 7.05. The first-order chi connectivity index (χ1) is 15.2. The van der Waals surface area contributed by atoms with E-state index in [0.717, 1.165) is 17.8 Å². The molecule has 0 unspecified atom stereocenters. The Morgan fingerprint density at radius 3 is 2.56 bits per heavy atom. The van der Waals surface area contributed by atoms with E-state index in [1.54, 1.807) is 47.2 Å². The highest BCUT2D eigenvalue weighted by Gasteiger charge is 2.30. The van der Waals surface area contributed by atoms with Gasteiger partial charge in [-0.15, -0.1) is 6.58 Å². The Balaban J connectivity index is 1.75. The molecule has 0 saturated carbocycles. The molecule has 0 aliphatic rings. The van der Waals surface area contributed by atoms with Crippen LogP contribution in [-0.2, 0) is 19.3 Å². The molecule has 3 aromatic rings. The van der Waals surface area contributed by atoms with E-state index < -0.39 is 11.7 Å². The zero-order valence-corrected chi connectivity index (χ0v) is 18.4. The summed E-state index contributed by atoms with van der Waals surface area (Å²) in [5.74, 6) is 0. The normalized spacial score (nSPS) is 11.3. The van der Waals surface area contributed by atoms with Crippen molar-refractivity contribution >= 4 is 34.9 Å². The molecule has 9 heteroatoms. The van der Waals surface area contributed by atoms with Crippen LogP contribution in [0.25, 0.3) is 0 Å². The van der Waals surface area contributed by atoms with E-state index in [2.05, 4.69) is 11.9 Å². The summed E-state index contributed by atoms with van der Waals surface area (Å²) in [6.07, 6.45) is -1.05. The smallest absolute Gasteiger partial charge is 0.345 e. The first-order valence-electron chi connectivity index (χ1n) is 9.59. The number of aromatic nitrogens is 1. The molecule has 2 amide bonds. The van der Waals surface area contributed by atoms with Crippen molar-refractivity contribution in [3.8, 4) is 0 Å². The Morgan fingerprint density at radius 2 is 1.88 bits per heavy atom. The van der Waals surface area contributed by atoms with Crippen LogP contribution in [0.2, 0.25) is 10.0 Å². The first kappa shape index (κ1) is 23.8. The summed E-state index contributed by atoms with van der Waals surface area (Å²) in [5.41, 5.74) is 1.05. The van der Waals surface area contributed by atoms with Gasteiger partial charge in [-0.3, -0.25) is 0 Å². The summed E-state index contributed by atoms with van der Waals surface area (Å²) in [4.78, 5) is 14.3. The van der Waals surface area contributed by atoms with E-state index in [9.17, 15) is 18.0 Å². The number of hydrogen-bond donors (Lipinski definition) is 1. The lowest BCUT2D eigenvalue weighted by molar-refractivity contribution is -0.137. The molecule has 1 heterocycles. The van der Waals surface area contributed by atoms with Gasteiger partial charge in [-0.05, 0) is 48.0 Å². The Labute approximate surface area is 193 Å². The highest BCUT2D eigenvalue weighted by atomic mass is 35.5.